The summed E-state index contributed by atoms with van der Waals surface area (Å²) in [6, 6.07) is 5.13. The minimum atomic E-state index is -0.132. The number of carbonyl (C=O) groups excluding carboxylic acids is 1. The highest BCUT2D eigenvalue weighted by atomic mass is 16.2. The first-order valence-electron chi connectivity index (χ1n) is 9.07. The highest BCUT2D eigenvalue weighted by molar-refractivity contribution is 5.93. The zero-order chi connectivity index (χ0) is 19.1. The molecule has 0 N–H and O–H groups in total. The Labute approximate surface area is 153 Å². The van der Waals surface area contributed by atoms with E-state index in [4.69, 9.17) is 0 Å². The number of hydrogen-bond donors (Lipinski definition) is 0. The Morgan fingerprint density at radius 3 is 2.62 bits per heavy atom. The van der Waals surface area contributed by atoms with Crippen molar-refractivity contribution in [2.75, 3.05) is 6.54 Å². The molecule has 0 aliphatic carbocycles. The van der Waals surface area contributed by atoms with E-state index in [1.807, 2.05) is 17.9 Å². The zero-order valence-electron chi connectivity index (χ0n) is 16.2. The molecule has 2 aromatic heterocycles. The van der Waals surface area contributed by atoms with Crippen molar-refractivity contribution in [2.45, 2.75) is 58.5 Å². The lowest BCUT2D eigenvalue weighted by Gasteiger charge is -2.25. The van der Waals surface area contributed by atoms with Crippen LogP contribution < -0.4 is 5.56 Å². The first-order chi connectivity index (χ1) is 12.2. The molecule has 7 heteroatoms. The smallest absolute Gasteiger partial charge is 0.272 e. The molecule has 0 spiro atoms. The topological polar surface area (TPSA) is 73.0 Å². The zero-order valence-corrected chi connectivity index (χ0v) is 16.2. The lowest BCUT2D eigenvalue weighted by atomic mass is 9.92. The van der Waals surface area contributed by atoms with Gasteiger partial charge in [-0.05, 0) is 31.9 Å². The third-order valence-electron chi connectivity index (χ3n) is 4.88. The molecule has 140 valence electrons. The molecule has 1 atom stereocenters. The van der Waals surface area contributed by atoms with Crippen LogP contribution in [0.15, 0.2) is 23.0 Å². The van der Waals surface area contributed by atoms with E-state index in [1.165, 1.54) is 4.68 Å². The lowest BCUT2D eigenvalue weighted by molar-refractivity contribution is 0.0709. The van der Waals surface area contributed by atoms with Crippen molar-refractivity contribution in [1.29, 1.82) is 0 Å². The highest BCUT2D eigenvalue weighted by Crippen LogP contribution is 2.22. The molecule has 0 saturated carbocycles. The summed E-state index contributed by atoms with van der Waals surface area (Å²) in [5.74, 6) is -0.0318. The van der Waals surface area contributed by atoms with E-state index in [2.05, 4.69) is 31.0 Å². The van der Waals surface area contributed by atoms with Gasteiger partial charge < -0.3 is 4.90 Å². The summed E-state index contributed by atoms with van der Waals surface area (Å²) in [6.45, 7) is 9.20. The van der Waals surface area contributed by atoms with Crippen LogP contribution in [-0.4, -0.2) is 43.0 Å². The fraction of sp³-hybridized carbons (Fsp3) is 0.579. The third kappa shape index (κ3) is 3.57. The van der Waals surface area contributed by atoms with E-state index in [0.29, 0.717) is 18.8 Å². The van der Waals surface area contributed by atoms with Crippen LogP contribution in [0.25, 0.3) is 0 Å². The maximum atomic E-state index is 13.0. The van der Waals surface area contributed by atoms with Crippen molar-refractivity contribution in [2.24, 2.45) is 7.05 Å². The molecule has 7 nitrogen and oxygen atoms in total. The number of likely N-dealkylation sites (tertiary alicyclic amines) is 1. The van der Waals surface area contributed by atoms with Crippen LogP contribution in [0.4, 0.5) is 0 Å². The number of aryl methyl sites for hydroxylation is 2. The van der Waals surface area contributed by atoms with Crippen molar-refractivity contribution in [3.8, 4) is 0 Å². The molecule has 1 amide bonds. The van der Waals surface area contributed by atoms with Crippen LogP contribution in [-0.2, 0) is 19.0 Å². The van der Waals surface area contributed by atoms with Crippen molar-refractivity contribution in [3.05, 3.63) is 45.6 Å². The molecule has 1 unspecified atom stereocenters. The molecule has 1 fully saturated rings. The van der Waals surface area contributed by atoms with Gasteiger partial charge in [-0.15, -0.1) is 0 Å². The Balaban J connectivity index is 1.85. The molecule has 1 aliphatic rings. The maximum absolute atomic E-state index is 13.0. The molecule has 1 aliphatic heterocycles. The van der Waals surface area contributed by atoms with Gasteiger partial charge in [0.15, 0.2) is 0 Å². The fourth-order valence-electron chi connectivity index (χ4n) is 3.43. The molecule has 3 rings (SSSR count). The standard InChI is InChI=1S/C19H27N5O2/c1-13-11-15(22(5)20-13)18(26)23-10-6-7-14(23)12-24-17(25)9-8-16(21-24)19(2,3)4/h8-9,11,14H,6-7,10,12H2,1-5H3. The van der Waals surface area contributed by atoms with Gasteiger partial charge in [-0.3, -0.25) is 14.3 Å². The van der Waals surface area contributed by atoms with Crippen LogP contribution in [0.3, 0.4) is 0 Å². The van der Waals surface area contributed by atoms with Crippen molar-refractivity contribution in [3.63, 3.8) is 0 Å². The Kier molecular flexibility index (Phi) is 4.73. The molecule has 3 heterocycles. The van der Waals surface area contributed by atoms with E-state index in [0.717, 1.165) is 24.2 Å². The summed E-state index contributed by atoms with van der Waals surface area (Å²) in [5, 5.41) is 8.81. The Hall–Kier alpha value is -2.44. The van der Waals surface area contributed by atoms with Crippen molar-refractivity contribution >= 4 is 5.91 Å². The predicted molar refractivity (Wildman–Crippen MR) is 99.2 cm³/mol. The fourth-order valence-corrected chi connectivity index (χ4v) is 3.43. The number of hydrogen-bond acceptors (Lipinski definition) is 4. The molecule has 0 radical (unpaired) electrons. The minimum Gasteiger partial charge on any atom is -0.332 e. The summed E-state index contributed by atoms with van der Waals surface area (Å²) in [6.07, 6.45) is 1.80. The first kappa shape index (κ1) is 18.4. The van der Waals surface area contributed by atoms with Gasteiger partial charge in [0.2, 0.25) is 0 Å². The SMILES string of the molecule is Cc1cc(C(=O)N2CCCC2Cn2nc(C(C)(C)C)ccc2=O)n(C)n1. The quantitative estimate of drug-likeness (QED) is 0.841. The summed E-state index contributed by atoms with van der Waals surface area (Å²) < 4.78 is 3.13. The molecular formula is C19H27N5O2. The maximum Gasteiger partial charge on any atom is 0.272 e. The van der Waals surface area contributed by atoms with Gasteiger partial charge in [-0.2, -0.15) is 10.2 Å². The Morgan fingerprint density at radius 1 is 1.27 bits per heavy atom. The van der Waals surface area contributed by atoms with Crippen LogP contribution in [0.2, 0.25) is 0 Å². The number of nitrogens with zero attached hydrogens (tertiary/aromatic N) is 5. The molecule has 0 aromatic carbocycles. The van der Waals surface area contributed by atoms with E-state index < -0.39 is 0 Å². The average molecular weight is 357 g/mol. The lowest BCUT2D eigenvalue weighted by Crippen LogP contribution is -2.41. The highest BCUT2D eigenvalue weighted by Gasteiger charge is 2.32. The Morgan fingerprint density at radius 2 is 2.00 bits per heavy atom. The monoisotopic (exact) mass is 357 g/mol. The van der Waals surface area contributed by atoms with Gasteiger partial charge >= 0.3 is 0 Å². The second-order valence-corrected chi connectivity index (χ2v) is 8.08. The third-order valence-corrected chi connectivity index (χ3v) is 4.88. The number of carbonyl (C=O) groups is 1. The second-order valence-electron chi connectivity index (χ2n) is 8.08. The average Bonchev–Trinajstić information content (AvgIpc) is 3.14. The van der Waals surface area contributed by atoms with Gasteiger partial charge in [-0.25, -0.2) is 4.68 Å². The van der Waals surface area contributed by atoms with Gasteiger partial charge in [0.1, 0.15) is 5.69 Å². The summed E-state index contributed by atoms with van der Waals surface area (Å²) in [7, 11) is 1.78. The van der Waals surface area contributed by atoms with E-state index in [1.54, 1.807) is 23.9 Å². The van der Waals surface area contributed by atoms with Crippen molar-refractivity contribution in [1.82, 2.24) is 24.5 Å². The summed E-state index contributed by atoms with van der Waals surface area (Å²) >= 11 is 0. The van der Waals surface area contributed by atoms with Crippen LogP contribution in [0, 0.1) is 6.92 Å². The molecular weight excluding hydrogens is 330 g/mol. The second kappa shape index (κ2) is 6.70. The van der Waals surface area contributed by atoms with Gasteiger partial charge in [0.05, 0.1) is 24.0 Å². The van der Waals surface area contributed by atoms with Crippen LogP contribution in [0.1, 0.15) is 55.5 Å². The van der Waals surface area contributed by atoms with E-state index in [9.17, 15) is 9.59 Å². The van der Waals surface area contributed by atoms with E-state index >= 15 is 0 Å². The van der Waals surface area contributed by atoms with Gasteiger partial charge in [0, 0.05) is 25.1 Å². The van der Waals surface area contributed by atoms with Crippen molar-refractivity contribution < 1.29 is 4.79 Å². The molecule has 2 aromatic rings. The summed E-state index contributed by atoms with van der Waals surface area (Å²) in [5.41, 5.74) is 2.01. The van der Waals surface area contributed by atoms with Crippen LogP contribution in [0.5, 0.6) is 0 Å². The molecule has 26 heavy (non-hydrogen) atoms. The summed E-state index contributed by atoms with van der Waals surface area (Å²) in [4.78, 5) is 27.1. The first-order valence-corrected chi connectivity index (χ1v) is 9.07. The van der Waals surface area contributed by atoms with E-state index in [-0.39, 0.29) is 22.9 Å². The number of amides is 1. The number of aromatic nitrogens is 4. The normalized spacial score (nSPS) is 17.7. The minimum absolute atomic E-state index is 0.0295. The van der Waals surface area contributed by atoms with Gasteiger partial charge in [0.25, 0.3) is 11.5 Å². The largest absolute Gasteiger partial charge is 0.332 e. The van der Waals surface area contributed by atoms with Gasteiger partial charge in [-0.1, -0.05) is 20.8 Å². The Bertz CT molecular complexity index is 875. The van der Waals surface area contributed by atoms with Crippen LogP contribution >= 0.6 is 0 Å². The molecule has 0 bridgehead atoms. The predicted octanol–water partition coefficient (Wildman–Crippen LogP) is 1.89. The molecule has 1 saturated heterocycles. The number of rotatable bonds is 3.